The van der Waals surface area contributed by atoms with Crippen LogP contribution in [0.2, 0.25) is 0 Å². The summed E-state index contributed by atoms with van der Waals surface area (Å²) in [6.45, 7) is 5.10. The molecule has 0 aromatic carbocycles. The van der Waals surface area contributed by atoms with E-state index < -0.39 is 0 Å². The fourth-order valence-corrected chi connectivity index (χ4v) is 3.03. The van der Waals surface area contributed by atoms with Crippen LogP contribution in [0, 0.1) is 0 Å². The van der Waals surface area contributed by atoms with Crippen LogP contribution in [0.3, 0.4) is 0 Å². The average Bonchev–Trinajstić information content (AvgIpc) is 2.57. The van der Waals surface area contributed by atoms with Crippen molar-refractivity contribution in [1.82, 2.24) is 5.32 Å². The van der Waals surface area contributed by atoms with Gasteiger partial charge in [-0.25, -0.2) is 0 Å². The Kier molecular flexibility index (Phi) is 19.4. The van der Waals surface area contributed by atoms with Crippen LogP contribution >= 0.6 is 0 Å². The summed E-state index contributed by atoms with van der Waals surface area (Å²) in [4.78, 5) is 10.3. The van der Waals surface area contributed by atoms with Gasteiger partial charge in [-0.05, 0) is 19.9 Å². The van der Waals surface area contributed by atoms with E-state index >= 15 is 0 Å². The Labute approximate surface area is 146 Å². The van der Waals surface area contributed by atoms with Gasteiger partial charge < -0.3 is 5.32 Å². The van der Waals surface area contributed by atoms with Crippen molar-refractivity contribution < 1.29 is 4.79 Å². The van der Waals surface area contributed by atoms with E-state index in [4.69, 9.17) is 0 Å². The van der Waals surface area contributed by atoms with Crippen molar-refractivity contribution in [1.29, 1.82) is 0 Å². The Bertz CT molecular complexity index is 230. The zero-order chi connectivity index (χ0) is 17.0. The molecule has 0 unspecified atom stereocenters. The third-order valence-corrected chi connectivity index (χ3v) is 4.66. The van der Waals surface area contributed by atoms with Gasteiger partial charge in [0.05, 0.1) is 6.04 Å². The molecule has 0 fully saturated rings. The van der Waals surface area contributed by atoms with Gasteiger partial charge in [-0.1, -0.05) is 103 Å². The largest absolute Gasteiger partial charge is 0.307 e. The van der Waals surface area contributed by atoms with Gasteiger partial charge >= 0.3 is 0 Å². The van der Waals surface area contributed by atoms with Crippen molar-refractivity contribution in [3.05, 3.63) is 0 Å². The Morgan fingerprint density at radius 3 is 1.35 bits per heavy atom. The molecule has 0 aliphatic carbocycles. The summed E-state index contributed by atoms with van der Waals surface area (Å²) in [5.41, 5.74) is 0. The van der Waals surface area contributed by atoms with Crippen molar-refractivity contribution >= 4 is 6.29 Å². The van der Waals surface area contributed by atoms with E-state index in [1.807, 2.05) is 13.2 Å². The zero-order valence-electron chi connectivity index (χ0n) is 16.0. The predicted octanol–water partition coefficient (Wildman–Crippen LogP) is 6.34. The molecule has 1 atom stereocenters. The highest BCUT2D eigenvalue weighted by atomic mass is 16.1. The third kappa shape index (κ3) is 19.6. The van der Waals surface area contributed by atoms with Crippen molar-refractivity contribution in [3.63, 3.8) is 0 Å². The van der Waals surface area contributed by atoms with Crippen LogP contribution in [0.4, 0.5) is 0 Å². The normalized spacial score (nSPS) is 12.4. The summed E-state index contributed by atoms with van der Waals surface area (Å²) in [5.74, 6) is 0. The number of rotatable bonds is 19. The van der Waals surface area contributed by atoms with Crippen molar-refractivity contribution in [3.8, 4) is 0 Å². The Morgan fingerprint density at radius 2 is 1.00 bits per heavy atom. The van der Waals surface area contributed by atoms with Crippen LogP contribution in [0.5, 0.6) is 0 Å². The summed E-state index contributed by atoms with van der Waals surface area (Å²) in [7, 11) is 0. The molecule has 0 rings (SSSR count). The first-order chi connectivity index (χ1) is 11.3. The molecule has 2 nitrogen and oxygen atoms in total. The predicted molar refractivity (Wildman–Crippen MR) is 103 cm³/mol. The average molecular weight is 325 g/mol. The lowest BCUT2D eigenvalue weighted by Crippen LogP contribution is -2.27. The Morgan fingerprint density at radius 1 is 0.652 bits per heavy atom. The number of nitrogens with one attached hydrogen (secondary N) is 1. The highest BCUT2D eigenvalue weighted by molar-refractivity contribution is 5.57. The molecule has 2 heteroatoms. The lowest BCUT2D eigenvalue weighted by Gasteiger charge is -2.06. The molecule has 23 heavy (non-hydrogen) atoms. The van der Waals surface area contributed by atoms with Crippen molar-refractivity contribution in [2.45, 2.75) is 123 Å². The lowest BCUT2D eigenvalue weighted by molar-refractivity contribution is 0.508. The molecule has 0 heterocycles. The summed E-state index contributed by atoms with van der Waals surface area (Å²) in [6.07, 6.45) is 24.4. The summed E-state index contributed by atoms with van der Waals surface area (Å²) >= 11 is 0. The topological polar surface area (TPSA) is 29.1 Å². The van der Waals surface area contributed by atoms with Crippen molar-refractivity contribution in [2.75, 3.05) is 6.54 Å². The SMILES string of the molecule is CCCCCCCCCCCCCCCCCCN[C@H](C)[C]=O. The Balaban J connectivity index is 2.99. The van der Waals surface area contributed by atoms with Crippen LogP contribution in [-0.2, 0) is 4.79 Å². The summed E-state index contributed by atoms with van der Waals surface area (Å²) < 4.78 is 0. The van der Waals surface area contributed by atoms with Crippen LogP contribution < -0.4 is 5.32 Å². The van der Waals surface area contributed by atoms with Gasteiger partial charge in [-0.2, -0.15) is 0 Å². The van der Waals surface area contributed by atoms with Gasteiger partial charge in [0.2, 0.25) is 6.29 Å². The molecule has 0 amide bonds. The first-order valence-corrected chi connectivity index (χ1v) is 10.4. The molecule has 137 valence electrons. The van der Waals surface area contributed by atoms with Crippen LogP contribution in [0.1, 0.15) is 117 Å². The minimum absolute atomic E-state index is 0.105. The third-order valence-electron chi connectivity index (χ3n) is 4.66. The van der Waals surface area contributed by atoms with Gasteiger partial charge in [0.1, 0.15) is 0 Å². The van der Waals surface area contributed by atoms with Gasteiger partial charge in [0.15, 0.2) is 0 Å². The number of hydrogen-bond acceptors (Lipinski definition) is 2. The number of hydrogen-bond donors (Lipinski definition) is 1. The van der Waals surface area contributed by atoms with Crippen molar-refractivity contribution in [2.24, 2.45) is 0 Å². The molecule has 0 bridgehead atoms. The van der Waals surface area contributed by atoms with Crippen LogP contribution in [-0.4, -0.2) is 18.9 Å². The van der Waals surface area contributed by atoms with Gasteiger partial charge in [-0.3, -0.25) is 4.79 Å². The fraction of sp³-hybridized carbons (Fsp3) is 0.952. The molecule has 0 spiro atoms. The first-order valence-electron chi connectivity index (χ1n) is 10.4. The molecule has 0 aliphatic heterocycles. The molecule has 0 saturated heterocycles. The second-order valence-corrected chi connectivity index (χ2v) is 7.10. The molecule has 0 aromatic rings. The Hall–Kier alpha value is -0.370. The van der Waals surface area contributed by atoms with E-state index in [1.54, 1.807) is 0 Å². The van der Waals surface area contributed by atoms with Gasteiger partial charge in [0.25, 0.3) is 0 Å². The molecular weight excluding hydrogens is 282 g/mol. The zero-order valence-corrected chi connectivity index (χ0v) is 16.0. The van der Waals surface area contributed by atoms with E-state index in [1.165, 1.54) is 103 Å². The quantitative estimate of drug-likeness (QED) is 0.281. The highest BCUT2D eigenvalue weighted by Crippen LogP contribution is 2.13. The molecular formula is C21H42NO. The standard InChI is InChI=1S/C21H42NO/c1-3-4-5-6-7-8-9-10-11-12-13-14-15-16-17-18-19-22-21(2)20-23/h21-22H,3-19H2,1-2H3/t21-/m1/s1. The second-order valence-electron chi connectivity index (χ2n) is 7.10. The maximum atomic E-state index is 10.3. The first kappa shape index (κ1) is 22.6. The fourth-order valence-electron chi connectivity index (χ4n) is 3.03. The van der Waals surface area contributed by atoms with Crippen LogP contribution in [0.15, 0.2) is 0 Å². The van der Waals surface area contributed by atoms with E-state index in [9.17, 15) is 4.79 Å². The van der Waals surface area contributed by atoms with Gasteiger partial charge in [0, 0.05) is 0 Å². The maximum Gasteiger partial charge on any atom is 0.216 e. The molecule has 1 N–H and O–H groups in total. The van der Waals surface area contributed by atoms with E-state index in [2.05, 4.69) is 12.2 Å². The lowest BCUT2D eigenvalue weighted by atomic mass is 10.0. The van der Waals surface area contributed by atoms with E-state index in [0.717, 1.165) is 6.54 Å². The smallest absolute Gasteiger partial charge is 0.216 e. The molecule has 1 radical (unpaired) electrons. The number of unbranched alkanes of at least 4 members (excludes halogenated alkanes) is 15. The monoisotopic (exact) mass is 324 g/mol. The van der Waals surface area contributed by atoms with E-state index in [-0.39, 0.29) is 6.04 Å². The highest BCUT2D eigenvalue weighted by Gasteiger charge is 1.98. The second kappa shape index (κ2) is 19.7. The van der Waals surface area contributed by atoms with Gasteiger partial charge in [-0.15, -0.1) is 0 Å². The van der Waals surface area contributed by atoms with Crippen LogP contribution in [0.25, 0.3) is 0 Å². The number of carbonyl (C=O) groups excluding carboxylic acids is 1. The molecule has 0 saturated carbocycles. The molecule has 0 aromatic heterocycles. The minimum Gasteiger partial charge on any atom is -0.307 e. The maximum absolute atomic E-state index is 10.3. The van der Waals surface area contributed by atoms with E-state index in [0.29, 0.717) is 0 Å². The molecule has 0 aliphatic rings. The summed E-state index contributed by atoms with van der Waals surface area (Å²) in [5, 5.41) is 3.16. The summed E-state index contributed by atoms with van der Waals surface area (Å²) in [6, 6.07) is -0.105. The minimum atomic E-state index is -0.105.